The Labute approximate surface area is 129 Å². The zero-order chi connectivity index (χ0) is 15.5. The van der Waals surface area contributed by atoms with Crippen LogP contribution in [0.3, 0.4) is 0 Å². The lowest BCUT2D eigenvalue weighted by atomic mass is 9.97. The highest BCUT2D eigenvalue weighted by Gasteiger charge is 2.32. The Bertz CT molecular complexity index is 547. The van der Waals surface area contributed by atoms with Gasteiger partial charge in [-0.3, -0.25) is 4.79 Å². The number of carbonyl (C=O) groups excluding carboxylic acids is 1. The van der Waals surface area contributed by atoms with Gasteiger partial charge < -0.3 is 24.3 Å². The summed E-state index contributed by atoms with van der Waals surface area (Å²) in [5, 5.41) is 2.99. The van der Waals surface area contributed by atoms with Gasteiger partial charge in [-0.1, -0.05) is 6.07 Å². The number of hydrogen-bond acceptors (Lipinski definition) is 5. The van der Waals surface area contributed by atoms with Crippen LogP contribution in [0.4, 0.5) is 0 Å². The van der Waals surface area contributed by atoms with E-state index in [0.717, 1.165) is 17.1 Å². The normalized spacial score (nSPS) is 26.4. The molecule has 1 aromatic carbocycles. The van der Waals surface area contributed by atoms with Crippen molar-refractivity contribution in [2.75, 3.05) is 34.0 Å². The van der Waals surface area contributed by atoms with Gasteiger partial charge in [-0.2, -0.15) is 0 Å². The highest BCUT2D eigenvalue weighted by molar-refractivity contribution is 5.77. The lowest BCUT2D eigenvalue weighted by Gasteiger charge is -2.18. The van der Waals surface area contributed by atoms with Gasteiger partial charge in [0.05, 0.1) is 33.0 Å². The van der Waals surface area contributed by atoms with Crippen LogP contribution in [0.25, 0.3) is 0 Å². The van der Waals surface area contributed by atoms with Crippen molar-refractivity contribution in [2.45, 2.75) is 24.5 Å². The predicted molar refractivity (Wildman–Crippen MR) is 79.4 cm³/mol. The number of amides is 1. The van der Waals surface area contributed by atoms with Crippen LogP contribution in [0.1, 0.15) is 17.9 Å². The Kier molecular flexibility index (Phi) is 4.49. The molecule has 3 atom stereocenters. The summed E-state index contributed by atoms with van der Waals surface area (Å²) >= 11 is 0. The van der Waals surface area contributed by atoms with Crippen molar-refractivity contribution in [2.24, 2.45) is 0 Å². The highest BCUT2D eigenvalue weighted by Crippen LogP contribution is 2.38. The summed E-state index contributed by atoms with van der Waals surface area (Å²) in [6, 6.07) is 5.65. The largest absolute Gasteiger partial charge is 0.497 e. The zero-order valence-corrected chi connectivity index (χ0v) is 12.8. The van der Waals surface area contributed by atoms with Crippen LogP contribution in [-0.2, 0) is 14.3 Å². The summed E-state index contributed by atoms with van der Waals surface area (Å²) in [5.41, 5.74) is 1.06. The second-order valence-corrected chi connectivity index (χ2v) is 5.60. The monoisotopic (exact) mass is 307 g/mol. The van der Waals surface area contributed by atoms with Gasteiger partial charge in [0, 0.05) is 31.1 Å². The Balaban J connectivity index is 1.60. The number of nitrogens with one attached hydrogen (secondary N) is 1. The van der Waals surface area contributed by atoms with Gasteiger partial charge in [0.1, 0.15) is 17.6 Å². The number of hydrogen-bond donors (Lipinski definition) is 1. The van der Waals surface area contributed by atoms with E-state index in [-0.39, 0.29) is 24.0 Å². The summed E-state index contributed by atoms with van der Waals surface area (Å²) < 4.78 is 21.5. The molecule has 0 saturated carbocycles. The molecule has 1 fully saturated rings. The minimum absolute atomic E-state index is 0.00480. The number of methoxy groups -OCH3 is 2. The van der Waals surface area contributed by atoms with Crippen molar-refractivity contribution < 1.29 is 23.7 Å². The molecular weight excluding hydrogens is 286 g/mol. The first-order chi connectivity index (χ1) is 10.7. The second kappa shape index (κ2) is 6.54. The molecule has 1 aromatic rings. The van der Waals surface area contributed by atoms with Crippen molar-refractivity contribution in [1.82, 2.24) is 5.32 Å². The van der Waals surface area contributed by atoms with Crippen molar-refractivity contribution in [3.05, 3.63) is 23.8 Å². The maximum Gasteiger partial charge on any atom is 0.221 e. The van der Waals surface area contributed by atoms with Crippen molar-refractivity contribution >= 4 is 5.91 Å². The van der Waals surface area contributed by atoms with Crippen LogP contribution < -0.4 is 14.8 Å². The fraction of sp³-hybridized carbons (Fsp3) is 0.562. The minimum atomic E-state index is -0.0739. The van der Waals surface area contributed by atoms with Gasteiger partial charge in [0.25, 0.3) is 0 Å². The topological polar surface area (TPSA) is 66.0 Å². The molecule has 0 aliphatic carbocycles. The molecule has 6 heteroatoms. The molecular formula is C16H21NO5. The third-order valence-corrected chi connectivity index (χ3v) is 4.21. The highest BCUT2D eigenvalue weighted by atomic mass is 16.5. The van der Waals surface area contributed by atoms with E-state index >= 15 is 0 Å². The van der Waals surface area contributed by atoms with Crippen LogP contribution in [0.15, 0.2) is 18.2 Å². The average molecular weight is 307 g/mol. The van der Waals surface area contributed by atoms with Gasteiger partial charge in [-0.25, -0.2) is 0 Å². The molecule has 120 valence electrons. The Morgan fingerprint density at radius 2 is 2.18 bits per heavy atom. The van der Waals surface area contributed by atoms with E-state index in [2.05, 4.69) is 5.32 Å². The minimum Gasteiger partial charge on any atom is -0.497 e. The SMILES string of the molecule is COc1ccc2c(c1)OCC2CC(=O)N[C@H]1COC[C@H]1OC. The first-order valence-electron chi connectivity index (χ1n) is 7.42. The van der Waals surface area contributed by atoms with E-state index in [9.17, 15) is 4.79 Å². The van der Waals surface area contributed by atoms with Crippen molar-refractivity contribution in [1.29, 1.82) is 0 Å². The summed E-state index contributed by atoms with van der Waals surface area (Å²) in [6.45, 7) is 1.54. The first-order valence-corrected chi connectivity index (χ1v) is 7.42. The fourth-order valence-corrected chi connectivity index (χ4v) is 2.94. The molecule has 22 heavy (non-hydrogen) atoms. The van der Waals surface area contributed by atoms with Gasteiger partial charge >= 0.3 is 0 Å². The number of fused-ring (bicyclic) bond motifs is 1. The zero-order valence-electron chi connectivity index (χ0n) is 12.8. The molecule has 2 heterocycles. The summed E-state index contributed by atoms with van der Waals surface area (Å²) in [7, 11) is 3.25. The third kappa shape index (κ3) is 3.03. The standard InChI is InChI=1S/C16H21NO5/c1-19-11-3-4-12-10(7-22-14(12)6-11)5-16(18)17-13-8-21-9-15(13)20-2/h3-4,6,10,13,15H,5,7-9H2,1-2H3,(H,17,18)/t10?,13-,15+/m0/s1. The van der Waals surface area contributed by atoms with Gasteiger partial charge in [0.2, 0.25) is 5.91 Å². The van der Waals surface area contributed by atoms with Crippen LogP contribution in [0.5, 0.6) is 11.5 Å². The molecule has 0 radical (unpaired) electrons. The van der Waals surface area contributed by atoms with E-state index in [0.29, 0.717) is 26.2 Å². The third-order valence-electron chi connectivity index (χ3n) is 4.21. The summed E-state index contributed by atoms with van der Waals surface area (Å²) in [5.74, 6) is 1.63. The summed E-state index contributed by atoms with van der Waals surface area (Å²) in [6.07, 6.45) is 0.326. The molecule has 0 bridgehead atoms. The number of ether oxygens (including phenoxy) is 4. The van der Waals surface area contributed by atoms with E-state index in [4.69, 9.17) is 18.9 Å². The molecule has 0 aromatic heterocycles. The van der Waals surface area contributed by atoms with Crippen molar-refractivity contribution in [3.8, 4) is 11.5 Å². The molecule has 2 aliphatic heterocycles. The first kappa shape index (κ1) is 15.1. The second-order valence-electron chi connectivity index (χ2n) is 5.60. The Morgan fingerprint density at radius 1 is 1.32 bits per heavy atom. The van der Waals surface area contributed by atoms with Gasteiger partial charge in [0.15, 0.2) is 0 Å². The molecule has 6 nitrogen and oxygen atoms in total. The van der Waals surface area contributed by atoms with Crippen LogP contribution in [0.2, 0.25) is 0 Å². The maximum atomic E-state index is 12.2. The molecule has 3 rings (SSSR count). The van der Waals surface area contributed by atoms with E-state index in [1.165, 1.54) is 0 Å². The van der Waals surface area contributed by atoms with Crippen LogP contribution >= 0.6 is 0 Å². The number of rotatable bonds is 5. The lowest BCUT2D eigenvalue weighted by Crippen LogP contribution is -2.43. The van der Waals surface area contributed by atoms with Crippen molar-refractivity contribution in [3.63, 3.8) is 0 Å². The average Bonchev–Trinajstić information content (AvgIpc) is 3.13. The molecule has 1 amide bonds. The van der Waals surface area contributed by atoms with Crippen LogP contribution in [-0.4, -0.2) is 52.1 Å². The van der Waals surface area contributed by atoms with E-state index in [1.54, 1.807) is 14.2 Å². The smallest absolute Gasteiger partial charge is 0.221 e. The van der Waals surface area contributed by atoms with Crippen LogP contribution in [0, 0.1) is 0 Å². The molecule has 1 N–H and O–H groups in total. The molecule has 0 spiro atoms. The number of benzene rings is 1. The molecule has 1 saturated heterocycles. The lowest BCUT2D eigenvalue weighted by molar-refractivity contribution is -0.122. The summed E-state index contributed by atoms with van der Waals surface area (Å²) in [4.78, 5) is 12.2. The van der Waals surface area contributed by atoms with E-state index in [1.807, 2.05) is 18.2 Å². The van der Waals surface area contributed by atoms with Gasteiger partial charge in [-0.05, 0) is 6.07 Å². The fourth-order valence-electron chi connectivity index (χ4n) is 2.94. The molecule has 1 unspecified atom stereocenters. The van der Waals surface area contributed by atoms with E-state index < -0.39 is 0 Å². The molecule has 2 aliphatic rings. The maximum absolute atomic E-state index is 12.2. The Hall–Kier alpha value is -1.79. The predicted octanol–water partition coefficient (Wildman–Crippen LogP) is 1.09. The quantitative estimate of drug-likeness (QED) is 0.882. The Morgan fingerprint density at radius 3 is 2.95 bits per heavy atom. The van der Waals surface area contributed by atoms with Gasteiger partial charge in [-0.15, -0.1) is 0 Å². The number of carbonyl (C=O) groups is 1.